The van der Waals surface area contributed by atoms with E-state index in [4.69, 9.17) is 4.42 Å². The van der Waals surface area contributed by atoms with Crippen LogP contribution in [0, 0.1) is 12.8 Å². The van der Waals surface area contributed by atoms with Crippen molar-refractivity contribution in [1.82, 2.24) is 15.2 Å². The highest BCUT2D eigenvalue weighted by Crippen LogP contribution is 2.23. The molecule has 4 nitrogen and oxygen atoms in total. The number of rotatable bonds is 4. The molecule has 1 aliphatic heterocycles. The minimum Gasteiger partial charge on any atom is -0.444 e. The van der Waals surface area contributed by atoms with Gasteiger partial charge in [-0.2, -0.15) is 0 Å². The molecule has 0 bridgehead atoms. The summed E-state index contributed by atoms with van der Waals surface area (Å²) in [4.78, 5) is 6.88. The molecule has 19 heavy (non-hydrogen) atoms. The SMILES string of the molecule is CCC(C)C1CN(C(C)c2ncc(C)o2)CCCN1. The van der Waals surface area contributed by atoms with Gasteiger partial charge >= 0.3 is 0 Å². The summed E-state index contributed by atoms with van der Waals surface area (Å²) in [6, 6.07) is 0.839. The molecule has 1 aliphatic rings. The molecule has 0 amide bonds. The van der Waals surface area contributed by atoms with Crippen molar-refractivity contribution in [3.05, 3.63) is 17.8 Å². The summed E-state index contributed by atoms with van der Waals surface area (Å²) in [6.45, 7) is 12.1. The number of hydrogen-bond donors (Lipinski definition) is 1. The second-order valence-corrected chi connectivity index (χ2v) is 5.78. The third-order valence-corrected chi connectivity index (χ3v) is 4.33. The zero-order chi connectivity index (χ0) is 13.8. The maximum absolute atomic E-state index is 5.69. The number of nitrogens with one attached hydrogen (secondary N) is 1. The highest BCUT2D eigenvalue weighted by molar-refractivity contribution is 4.97. The monoisotopic (exact) mass is 265 g/mol. The largest absolute Gasteiger partial charge is 0.444 e. The molecule has 1 aromatic rings. The molecule has 1 fully saturated rings. The first-order valence-electron chi connectivity index (χ1n) is 7.51. The Morgan fingerprint density at radius 3 is 2.95 bits per heavy atom. The second-order valence-electron chi connectivity index (χ2n) is 5.78. The van der Waals surface area contributed by atoms with Gasteiger partial charge in [-0.05, 0) is 32.7 Å². The Bertz CT molecular complexity index is 390. The lowest BCUT2D eigenvalue weighted by Gasteiger charge is -2.30. The molecule has 0 aromatic carbocycles. The van der Waals surface area contributed by atoms with Crippen molar-refractivity contribution in [3.63, 3.8) is 0 Å². The van der Waals surface area contributed by atoms with E-state index in [1.54, 1.807) is 0 Å². The summed E-state index contributed by atoms with van der Waals surface area (Å²) < 4.78 is 5.69. The van der Waals surface area contributed by atoms with Crippen LogP contribution in [0.25, 0.3) is 0 Å². The first-order chi connectivity index (χ1) is 9.11. The van der Waals surface area contributed by atoms with E-state index in [9.17, 15) is 0 Å². The molecule has 3 unspecified atom stereocenters. The number of hydrogen-bond acceptors (Lipinski definition) is 4. The zero-order valence-corrected chi connectivity index (χ0v) is 12.6. The fourth-order valence-electron chi connectivity index (χ4n) is 2.72. The molecule has 2 heterocycles. The first-order valence-corrected chi connectivity index (χ1v) is 7.51. The van der Waals surface area contributed by atoms with Gasteiger partial charge in [0.05, 0.1) is 12.2 Å². The Kier molecular flexibility index (Phi) is 4.99. The minimum atomic E-state index is 0.264. The average Bonchev–Trinajstić information content (AvgIpc) is 2.70. The van der Waals surface area contributed by atoms with E-state index in [0.29, 0.717) is 12.0 Å². The Labute approximate surface area is 116 Å². The van der Waals surface area contributed by atoms with Crippen molar-refractivity contribution in [3.8, 4) is 0 Å². The van der Waals surface area contributed by atoms with Crippen molar-refractivity contribution in [2.24, 2.45) is 5.92 Å². The van der Waals surface area contributed by atoms with Crippen LogP contribution >= 0.6 is 0 Å². The lowest BCUT2D eigenvalue weighted by molar-refractivity contribution is 0.165. The van der Waals surface area contributed by atoms with Gasteiger partial charge in [-0.3, -0.25) is 4.90 Å². The number of oxazole rings is 1. The standard InChI is InChI=1S/C15H27N3O/c1-5-11(2)14-10-18(8-6-7-16-14)13(4)15-17-9-12(3)19-15/h9,11,13-14,16H,5-8,10H2,1-4H3. The van der Waals surface area contributed by atoms with E-state index in [1.807, 2.05) is 13.1 Å². The van der Waals surface area contributed by atoms with Crippen LogP contribution in [0.15, 0.2) is 10.6 Å². The van der Waals surface area contributed by atoms with Gasteiger partial charge in [0.1, 0.15) is 5.76 Å². The van der Waals surface area contributed by atoms with Gasteiger partial charge in [0.25, 0.3) is 0 Å². The molecule has 3 atom stereocenters. The van der Waals surface area contributed by atoms with Gasteiger partial charge in [-0.1, -0.05) is 20.3 Å². The molecule has 0 radical (unpaired) electrons. The van der Waals surface area contributed by atoms with Gasteiger partial charge in [0, 0.05) is 19.1 Å². The van der Waals surface area contributed by atoms with E-state index in [1.165, 1.54) is 12.8 Å². The summed E-state index contributed by atoms with van der Waals surface area (Å²) >= 11 is 0. The van der Waals surface area contributed by atoms with Crippen LogP contribution in [0.3, 0.4) is 0 Å². The van der Waals surface area contributed by atoms with Gasteiger partial charge in [0.2, 0.25) is 5.89 Å². The summed E-state index contributed by atoms with van der Waals surface area (Å²) in [5.41, 5.74) is 0. The van der Waals surface area contributed by atoms with E-state index < -0.39 is 0 Å². The van der Waals surface area contributed by atoms with E-state index >= 15 is 0 Å². The fourth-order valence-corrected chi connectivity index (χ4v) is 2.72. The van der Waals surface area contributed by atoms with Crippen molar-refractivity contribution >= 4 is 0 Å². The molecule has 0 aliphatic carbocycles. The highest BCUT2D eigenvalue weighted by atomic mass is 16.4. The van der Waals surface area contributed by atoms with Crippen molar-refractivity contribution in [2.75, 3.05) is 19.6 Å². The summed E-state index contributed by atoms with van der Waals surface area (Å²) in [5, 5.41) is 3.68. The molecule has 108 valence electrons. The van der Waals surface area contributed by atoms with E-state index in [-0.39, 0.29) is 6.04 Å². The van der Waals surface area contributed by atoms with Gasteiger partial charge in [-0.25, -0.2) is 4.98 Å². The first kappa shape index (κ1) is 14.5. The fraction of sp³-hybridized carbons (Fsp3) is 0.800. The molecular weight excluding hydrogens is 238 g/mol. The molecule has 0 saturated carbocycles. The van der Waals surface area contributed by atoms with Gasteiger partial charge in [-0.15, -0.1) is 0 Å². The predicted octanol–water partition coefficient (Wildman–Crippen LogP) is 2.75. The lowest BCUT2D eigenvalue weighted by Crippen LogP contribution is -2.42. The topological polar surface area (TPSA) is 41.3 Å². The third kappa shape index (κ3) is 3.57. The summed E-state index contributed by atoms with van der Waals surface area (Å²) in [6.07, 6.45) is 4.23. The quantitative estimate of drug-likeness (QED) is 0.909. The normalized spacial score (nSPS) is 24.9. The van der Waals surface area contributed by atoms with Crippen LogP contribution in [0.5, 0.6) is 0 Å². The van der Waals surface area contributed by atoms with Crippen LogP contribution < -0.4 is 5.32 Å². The minimum absolute atomic E-state index is 0.264. The van der Waals surface area contributed by atoms with Crippen molar-refractivity contribution < 1.29 is 4.42 Å². The number of nitrogens with zero attached hydrogens (tertiary/aromatic N) is 2. The van der Waals surface area contributed by atoms with Gasteiger partial charge in [0.15, 0.2) is 0 Å². The van der Waals surface area contributed by atoms with Crippen LogP contribution in [-0.4, -0.2) is 35.6 Å². The Morgan fingerprint density at radius 2 is 2.32 bits per heavy atom. The maximum atomic E-state index is 5.69. The number of aromatic nitrogens is 1. The van der Waals surface area contributed by atoms with E-state index in [2.05, 4.69) is 36.0 Å². The molecule has 4 heteroatoms. The maximum Gasteiger partial charge on any atom is 0.211 e. The molecule has 0 spiro atoms. The molecule has 1 saturated heterocycles. The van der Waals surface area contributed by atoms with Crippen LogP contribution in [0.2, 0.25) is 0 Å². The molecular formula is C15H27N3O. The molecule has 1 N–H and O–H groups in total. The molecule has 2 rings (SSSR count). The third-order valence-electron chi connectivity index (χ3n) is 4.33. The zero-order valence-electron chi connectivity index (χ0n) is 12.6. The van der Waals surface area contributed by atoms with Crippen molar-refractivity contribution in [1.29, 1.82) is 0 Å². The Hall–Kier alpha value is -0.870. The second kappa shape index (κ2) is 6.53. The molecule has 1 aromatic heterocycles. The average molecular weight is 265 g/mol. The van der Waals surface area contributed by atoms with Crippen LogP contribution in [-0.2, 0) is 0 Å². The Balaban J connectivity index is 2.05. The Morgan fingerprint density at radius 1 is 1.53 bits per heavy atom. The van der Waals surface area contributed by atoms with E-state index in [0.717, 1.165) is 31.3 Å². The highest BCUT2D eigenvalue weighted by Gasteiger charge is 2.27. The van der Waals surface area contributed by atoms with Crippen LogP contribution in [0.4, 0.5) is 0 Å². The predicted molar refractivity (Wildman–Crippen MR) is 77.1 cm³/mol. The van der Waals surface area contributed by atoms with Crippen molar-refractivity contribution in [2.45, 2.75) is 52.6 Å². The smallest absolute Gasteiger partial charge is 0.211 e. The lowest BCUT2D eigenvalue weighted by atomic mass is 9.98. The van der Waals surface area contributed by atoms with Gasteiger partial charge < -0.3 is 9.73 Å². The summed E-state index contributed by atoms with van der Waals surface area (Å²) in [5.74, 6) is 2.45. The summed E-state index contributed by atoms with van der Waals surface area (Å²) in [7, 11) is 0. The number of aryl methyl sites for hydroxylation is 1. The van der Waals surface area contributed by atoms with Crippen LogP contribution in [0.1, 0.15) is 51.3 Å².